The first-order valence-corrected chi connectivity index (χ1v) is 11.9. The normalized spacial score (nSPS) is 15.3. The summed E-state index contributed by atoms with van der Waals surface area (Å²) in [6, 6.07) is 20.0. The molecule has 188 valence electrons. The summed E-state index contributed by atoms with van der Waals surface area (Å²) in [6.45, 7) is 1.87. The van der Waals surface area contributed by atoms with Gasteiger partial charge in [0.05, 0.1) is 37.6 Å². The molecule has 0 spiro atoms. The molecule has 0 fully saturated rings. The Morgan fingerprint density at radius 3 is 2.81 bits per heavy atom. The van der Waals surface area contributed by atoms with E-state index in [1.807, 2.05) is 36.4 Å². The van der Waals surface area contributed by atoms with Gasteiger partial charge in [-0.05, 0) is 66.1 Å². The third-order valence-corrected chi connectivity index (χ3v) is 5.94. The number of nitrogens with zero attached hydrogens (tertiary/aromatic N) is 1. The first kappa shape index (κ1) is 25.5. The first-order chi connectivity index (χ1) is 17.6. The third-order valence-electron chi connectivity index (χ3n) is 5.94. The maximum absolute atomic E-state index is 10.4. The van der Waals surface area contributed by atoms with Gasteiger partial charge in [0.25, 0.3) is 0 Å². The van der Waals surface area contributed by atoms with Gasteiger partial charge in [-0.1, -0.05) is 24.3 Å². The van der Waals surface area contributed by atoms with Crippen molar-refractivity contribution in [1.29, 1.82) is 5.26 Å². The van der Waals surface area contributed by atoms with Gasteiger partial charge in [-0.2, -0.15) is 5.26 Å². The van der Waals surface area contributed by atoms with E-state index in [-0.39, 0.29) is 18.5 Å². The highest BCUT2D eigenvalue weighted by molar-refractivity contribution is 5.44. The number of aliphatic hydroxyl groups is 2. The number of rotatable bonds is 11. The summed E-state index contributed by atoms with van der Waals surface area (Å²) in [5.41, 5.74) is 3.64. The molecule has 0 bridgehead atoms. The van der Waals surface area contributed by atoms with E-state index in [0.29, 0.717) is 61.1 Å². The van der Waals surface area contributed by atoms with Gasteiger partial charge in [-0.15, -0.1) is 0 Å². The second-order valence-electron chi connectivity index (χ2n) is 8.68. The van der Waals surface area contributed by atoms with Gasteiger partial charge in [-0.3, -0.25) is 0 Å². The monoisotopic (exact) mass is 490 g/mol. The molecular formula is C28H30N2O6. The lowest BCUT2D eigenvalue weighted by Crippen LogP contribution is -2.33. The number of nitriles is 1. The largest absolute Gasteiger partial charge is 0.508 e. The standard InChI is InChI=1S/C28H30N2O6/c29-13-20-2-1-3-21(10-20)16-34-17-24-18-35-27-7-4-19(11-28(27)36-24)8-9-30-14-26(33)22-5-6-25(32)23(12-22)15-31/h1-7,10-12,24,26,30-33H,8-9,14-18H2/t24-,26-/m1/s1. The molecule has 4 N–H and O–H groups in total. The number of ether oxygens (including phenoxy) is 3. The van der Waals surface area contributed by atoms with Crippen LogP contribution >= 0.6 is 0 Å². The molecule has 3 aromatic carbocycles. The number of fused-ring (bicyclic) bond motifs is 1. The molecule has 8 heteroatoms. The molecule has 0 aliphatic carbocycles. The minimum absolute atomic E-state index is 0.0132. The fourth-order valence-electron chi connectivity index (χ4n) is 3.97. The van der Waals surface area contributed by atoms with Crippen molar-refractivity contribution in [3.8, 4) is 23.3 Å². The summed E-state index contributed by atoms with van der Waals surface area (Å²) < 4.78 is 17.7. The number of phenols is 1. The van der Waals surface area contributed by atoms with Crippen LogP contribution in [0.1, 0.15) is 33.9 Å². The Labute approximate surface area is 210 Å². The number of aromatic hydroxyl groups is 1. The highest BCUT2D eigenvalue weighted by Crippen LogP contribution is 2.33. The van der Waals surface area contributed by atoms with Crippen LogP contribution in [0, 0.1) is 11.3 Å². The molecule has 0 saturated heterocycles. The predicted octanol–water partition coefficient (Wildman–Crippen LogP) is 2.98. The van der Waals surface area contributed by atoms with Crippen molar-refractivity contribution in [3.05, 3.63) is 88.5 Å². The number of hydrogen-bond acceptors (Lipinski definition) is 8. The topological polar surface area (TPSA) is 124 Å². The van der Waals surface area contributed by atoms with Gasteiger partial charge < -0.3 is 34.8 Å². The summed E-state index contributed by atoms with van der Waals surface area (Å²) in [5.74, 6) is 1.39. The summed E-state index contributed by atoms with van der Waals surface area (Å²) in [5, 5.41) is 41.6. The predicted molar refractivity (Wildman–Crippen MR) is 133 cm³/mol. The van der Waals surface area contributed by atoms with Crippen LogP contribution < -0.4 is 14.8 Å². The van der Waals surface area contributed by atoms with Gasteiger partial charge in [0, 0.05) is 12.1 Å². The number of nitrogens with one attached hydrogen (secondary N) is 1. The summed E-state index contributed by atoms with van der Waals surface area (Å²) in [7, 11) is 0. The lowest BCUT2D eigenvalue weighted by molar-refractivity contribution is 0.00266. The molecule has 0 unspecified atom stereocenters. The lowest BCUT2D eigenvalue weighted by atomic mass is 10.1. The van der Waals surface area contributed by atoms with Crippen molar-refractivity contribution in [2.24, 2.45) is 0 Å². The first-order valence-electron chi connectivity index (χ1n) is 11.9. The lowest BCUT2D eigenvalue weighted by Gasteiger charge is -2.27. The Morgan fingerprint density at radius 1 is 1.08 bits per heavy atom. The van der Waals surface area contributed by atoms with Crippen molar-refractivity contribution in [3.63, 3.8) is 0 Å². The third kappa shape index (κ3) is 6.74. The van der Waals surface area contributed by atoms with Crippen LogP contribution in [0.25, 0.3) is 0 Å². The molecule has 3 aromatic rings. The molecule has 0 radical (unpaired) electrons. The van der Waals surface area contributed by atoms with Crippen LogP contribution in [-0.4, -0.2) is 47.7 Å². The molecule has 8 nitrogen and oxygen atoms in total. The molecule has 4 rings (SSSR count). The van der Waals surface area contributed by atoms with Gasteiger partial charge in [-0.25, -0.2) is 0 Å². The fourth-order valence-corrected chi connectivity index (χ4v) is 3.97. The van der Waals surface area contributed by atoms with Crippen molar-refractivity contribution < 1.29 is 29.5 Å². The Bertz CT molecular complexity index is 1210. The summed E-state index contributed by atoms with van der Waals surface area (Å²) >= 11 is 0. The van der Waals surface area contributed by atoms with Crippen molar-refractivity contribution in [1.82, 2.24) is 5.32 Å². The second-order valence-corrected chi connectivity index (χ2v) is 8.68. The van der Waals surface area contributed by atoms with Crippen LogP contribution in [-0.2, 0) is 24.4 Å². The van der Waals surface area contributed by atoms with E-state index in [1.165, 1.54) is 6.07 Å². The van der Waals surface area contributed by atoms with Gasteiger partial charge >= 0.3 is 0 Å². The van der Waals surface area contributed by atoms with E-state index < -0.39 is 6.10 Å². The van der Waals surface area contributed by atoms with Crippen LogP contribution in [0.5, 0.6) is 17.2 Å². The molecule has 36 heavy (non-hydrogen) atoms. The quantitative estimate of drug-likeness (QED) is 0.303. The van der Waals surface area contributed by atoms with Crippen LogP contribution in [0.4, 0.5) is 0 Å². The van der Waals surface area contributed by atoms with E-state index in [9.17, 15) is 15.3 Å². The second kappa shape index (κ2) is 12.4. The maximum Gasteiger partial charge on any atom is 0.162 e. The zero-order valence-electron chi connectivity index (χ0n) is 19.9. The summed E-state index contributed by atoms with van der Waals surface area (Å²) in [4.78, 5) is 0. The smallest absolute Gasteiger partial charge is 0.162 e. The van der Waals surface area contributed by atoms with Crippen LogP contribution in [0.2, 0.25) is 0 Å². The SMILES string of the molecule is N#Cc1cccc(COC[C@@H]2COc3ccc(CCNC[C@@H](O)c4ccc(O)c(CO)c4)cc3O2)c1. The van der Waals surface area contributed by atoms with E-state index in [4.69, 9.17) is 19.5 Å². The fraction of sp³-hybridized carbons (Fsp3) is 0.321. The van der Waals surface area contributed by atoms with E-state index in [1.54, 1.807) is 18.2 Å². The minimum Gasteiger partial charge on any atom is -0.508 e. The van der Waals surface area contributed by atoms with Crippen LogP contribution in [0.15, 0.2) is 60.7 Å². The average Bonchev–Trinajstić information content (AvgIpc) is 2.91. The highest BCUT2D eigenvalue weighted by Gasteiger charge is 2.21. The molecule has 0 saturated carbocycles. The molecule has 1 heterocycles. The van der Waals surface area contributed by atoms with Crippen LogP contribution in [0.3, 0.4) is 0 Å². The Morgan fingerprint density at radius 2 is 1.97 bits per heavy atom. The Balaban J connectivity index is 1.22. The van der Waals surface area contributed by atoms with Crippen molar-refractivity contribution in [2.45, 2.75) is 31.8 Å². The number of benzene rings is 3. The molecular weight excluding hydrogens is 460 g/mol. The minimum atomic E-state index is -0.751. The van der Waals surface area contributed by atoms with Crippen molar-refractivity contribution in [2.75, 3.05) is 26.3 Å². The number of aliphatic hydroxyl groups excluding tert-OH is 2. The van der Waals surface area contributed by atoms with E-state index in [2.05, 4.69) is 11.4 Å². The average molecular weight is 491 g/mol. The molecule has 1 aliphatic rings. The summed E-state index contributed by atoms with van der Waals surface area (Å²) in [6.07, 6.45) is -0.245. The molecule has 0 aromatic heterocycles. The van der Waals surface area contributed by atoms with Gasteiger partial charge in [0.1, 0.15) is 12.4 Å². The maximum atomic E-state index is 10.4. The Hall–Kier alpha value is -3.61. The molecule has 2 atom stereocenters. The Kier molecular flexibility index (Phi) is 8.76. The number of hydrogen-bond donors (Lipinski definition) is 4. The van der Waals surface area contributed by atoms with E-state index in [0.717, 1.165) is 17.5 Å². The van der Waals surface area contributed by atoms with Gasteiger partial charge in [0.2, 0.25) is 0 Å². The highest BCUT2D eigenvalue weighted by atomic mass is 16.6. The zero-order valence-corrected chi connectivity index (χ0v) is 19.9. The molecule has 1 aliphatic heterocycles. The molecule has 0 amide bonds. The zero-order chi connectivity index (χ0) is 25.3. The van der Waals surface area contributed by atoms with Gasteiger partial charge in [0.15, 0.2) is 17.6 Å². The van der Waals surface area contributed by atoms with Crippen molar-refractivity contribution >= 4 is 0 Å². The van der Waals surface area contributed by atoms with E-state index >= 15 is 0 Å².